The second kappa shape index (κ2) is 4.63. The monoisotopic (exact) mass is 233 g/mol. The Morgan fingerprint density at radius 2 is 2.06 bits per heavy atom. The summed E-state index contributed by atoms with van der Waals surface area (Å²) < 4.78 is 5.25. The molecule has 4 nitrogen and oxygen atoms in total. The fraction of sp³-hybridized carbons (Fsp3) is 0.615. The van der Waals surface area contributed by atoms with Gasteiger partial charge in [0.05, 0.1) is 31.1 Å². The second-order valence-electron chi connectivity index (χ2n) is 5.01. The Hall–Kier alpha value is -1.13. The summed E-state index contributed by atoms with van der Waals surface area (Å²) >= 11 is 0. The third kappa shape index (κ3) is 2.15. The molecule has 17 heavy (non-hydrogen) atoms. The van der Waals surface area contributed by atoms with Crippen molar-refractivity contribution < 1.29 is 4.74 Å². The van der Waals surface area contributed by atoms with Crippen molar-refractivity contribution in [2.45, 2.75) is 24.8 Å². The number of likely N-dealkylation sites (tertiary alicyclic amines) is 1. The summed E-state index contributed by atoms with van der Waals surface area (Å²) in [5, 5.41) is 0. The Kier molecular flexibility index (Phi) is 2.99. The molecule has 2 N–H and O–H groups in total. The van der Waals surface area contributed by atoms with E-state index in [1.165, 1.54) is 31.5 Å². The molecule has 2 aliphatic heterocycles. The van der Waals surface area contributed by atoms with Crippen molar-refractivity contribution in [3.8, 4) is 0 Å². The fourth-order valence-corrected chi connectivity index (χ4v) is 2.80. The summed E-state index contributed by atoms with van der Waals surface area (Å²) in [5.74, 6) is 0.607. The lowest BCUT2D eigenvalue weighted by Gasteiger charge is -2.41. The van der Waals surface area contributed by atoms with E-state index >= 15 is 0 Å². The van der Waals surface area contributed by atoms with Crippen LogP contribution in [-0.4, -0.2) is 42.2 Å². The molecule has 3 rings (SSSR count). The minimum absolute atomic E-state index is 0.607. The predicted molar refractivity (Wildman–Crippen MR) is 66.8 cm³/mol. The van der Waals surface area contributed by atoms with E-state index in [9.17, 15) is 0 Å². The lowest BCUT2D eigenvalue weighted by molar-refractivity contribution is -0.0712. The Balaban J connectivity index is 1.63. The second-order valence-corrected chi connectivity index (χ2v) is 5.01. The van der Waals surface area contributed by atoms with Crippen LogP contribution in [0.15, 0.2) is 18.5 Å². The van der Waals surface area contributed by atoms with Crippen LogP contribution in [0.4, 0.5) is 5.69 Å². The van der Waals surface area contributed by atoms with Gasteiger partial charge in [-0.3, -0.25) is 9.88 Å². The van der Waals surface area contributed by atoms with Crippen molar-refractivity contribution in [2.24, 2.45) is 0 Å². The van der Waals surface area contributed by atoms with E-state index in [4.69, 9.17) is 10.5 Å². The number of anilines is 1. The van der Waals surface area contributed by atoms with Crippen LogP contribution in [0.1, 0.15) is 24.3 Å². The molecule has 2 fully saturated rings. The maximum Gasteiger partial charge on any atom is 0.0645 e. The Labute approximate surface area is 102 Å². The molecule has 4 heteroatoms. The van der Waals surface area contributed by atoms with Gasteiger partial charge in [0.15, 0.2) is 0 Å². The van der Waals surface area contributed by atoms with Crippen LogP contribution >= 0.6 is 0 Å². The highest BCUT2D eigenvalue weighted by Gasteiger charge is 2.30. The van der Waals surface area contributed by atoms with Gasteiger partial charge in [0, 0.05) is 6.20 Å². The number of hydrogen-bond acceptors (Lipinski definition) is 4. The predicted octanol–water partition coefficient (Wildman–Crippen LogP) is 1.24. The van der Waals surface area contributed by atoms with Gasteiger partial charge in [-0.25, -0.2) is 0 Å². The van der Waals surface area contributed by atoms with Crippen molar-refractivity contribution in [2.75, 3.05) is 32.0 Å². The van der Waals surface area contributed by atoms with Gasteiger partial charge in [0.2, 0.25) is 0 Å². The van der Waals surface area contributed by atoms with Gasteiger partial charge < -0.3 is 10.5 Å². The number of hydrogen-bond donors (Lipinski definition) is 1. The standard InChI is InChI=1S/C13H19N3O/c14-13-7-15-4-1-12(13)10-2-5-16(6-3-10)11-8-17-9-11/h1,4,7,10-11H,2-3,5-6,8-9,14H2. The van der Waals surface area contributed by atoms with Crippen LogP contribution in [-0.2, 0) is 4.74 Å². The first-order valence-corrected chi connectivity index (χ1v) is 6.36. The van der Waals surface area contributed by atoms with Gasteiger partial charge in [0.25, 0.3) is 0 Å². The van der Waals surface area contributed by atoms with Crippen molar-refractivity contribution in [1.29, 1.82) is 0 Å². The zero-order valence-electron chi connectivity index (χ0n) is 10.0. The maximum atomic E-state index is 5.99. The molecule has 0 aromatic carbocycles. The number of nitrogens with two attached hydrogens (primary N) is 1. The number of pyridine rings is 1. The third-order valence-electron chi connectivity index (χ3n) is 3.99. The summed E-state index contributed by atoms with van der Waals surface area (Å²) in [6.45, 7) is 4.17. The van der Waals surface area contributed by atoms with E-state index in [2.05, 4.69) is 16.0 Å². The van der Waals surface area contributed by atoms with Crippen molar-refractivity contribution >= 4 is 5.69 Å². The SMILES string of the molecule is Nc1cnccc1C1CCN(C2COC2)CC1. The van der Waals surface area contributed by atoms with Crippen molar-refractivity contribution in [3.63, 3.8) is 0 Å². The molecule has 0 amide bonds. The van der Waals surface area contributed by atoms with Crippen LogP contribution in [0.3, 0.4) is 0 Å². The van der Waals surface area contributed by atoms with E-state index in [1.807, 2.05) is 6.20 Å². The molecule has 3 heterocycles. The van der Waals surface area contributed by atoms with E-state index in [1.54, 1.807) is 6.20 Å². The summed E-state index contributed by atoms with van der Waals surface area (Å²) in [6, 6.07) is 2.74. The van der Waals surface area contributed by atoms with E-state index < -0.39 is 0 Å². The molecule has 1 aromatic rings. The number of nitrogen functional groups attached to an aromatic ring is 1. The highest BCUT2D eigenvalue weighted by atomic mass is 16.5. The zero-order chi connectivity index (χ0) is 11.7. The highest BCUT2D eigenvalue weighted by Crippen LogP contribution is 2.32. The molecule has 0 unspecified atom stereocenters. The Bertz CT molecular complexity index is 384. The summed E-state index contributed by atoms with van der Waals surface area (Å²) in [6.07, 6.45) is 6.01. The van der Waals surface area contributed by atoms with Crippen LogP contribution < -0.4 is 5.73 Å². The molecule has 0 radical (unpaired) electrons. The molecule has 1 aromatic heterocycles. The number of aromatic nitrogens is 1. The molecule has 0 bridgehead atoms. The van der Waals surface area contributed by atoms with E-state index in [0.717, 1.165) is 18.9 Å². The van der Waals surface area contributed by atoms with Gasteiger partial charge in [-0.15, -0.1) is 0 Å². The molecule has 2 saturated heterocycles. The molecular weight excluding hydrogens is 214 g/mol. The molecule has 2 aliphatic rings. The van der Waals surface area contributed by atoms with E-state index in [0.29, 0.717) is 12.0 Å². The first-order chi connectivity index (χ1) is 8.34. The number of piperidine rings is 1. The Morgan fingerprint density at radius 1 is 1.29 bits per heavy atom. The van der Waals surface area contributed by atoms with Crippen molar-refractivity contribution in [1.82, 2.24) is 9.88 Å². The van der Waals surface area contributed by atoms with Gasteiger partial charge in [-0.05, 0) is 43.5 Å². The van der Waals surface area contributed by atoms with Crippen LogP contribution in [0, 0.1) is 0 Å². The largest absolute Gasteiger partial charge is 0.397 e. The van der Waals surface area contributed by atoms with Crippen LogP contribution in [0.25, 0.3) is 0 Å². The third-order valence-corrected chi connectivity index (χ3v) is 3.99. The minimum Gasteiger partial charge on any atom is -0.397 e. The summed E-state index contributed by atoms with van der Waals surface area (Å²) in [7, 11) is 0. The normalized spacial score (nSPS) is 23.5. The Morgan fingerprint density at radius 3 is 2.65 bits per heavy atom. The number of rotatable bonds is 2. The van der Waals surface area contributed by atoms with Gasteiger partial charge >= 0.3 is 0 Å². The highest BCUT2D eigenvalue weighted by molar-refractivity contribution is 5.46. The van der Waals surface area contributed by atoms with Crippen molar-refractivity contribution in [3.05, 3.63) is 24.0 Å². The quantitative estimate of drug-likeness (QED) is 0.835. The maximum absolute atomic E-state index is 5.99. The van der Waals surface area contributed by atoms with Crippen LogP contribution in [0.2, 0.25) is 0 Å². The average molecular weight is 233 g/mol. The summed E-state index contributed by atoms with van der Waals surface area (Å²) in [4.78, 5) is 6.61. The topological polar surface area (TPSA) is 51.4 Å². The number of nitrogens with zero attached hydrogens (tertiary/aromatic N) is 2. The molecular formula is C13H19N3O. The molecule has 0 saturated carbocycles. The smallest absolute Gasteiger partial charge is 0.0645 e. The van der Waals surface area contributed by atoms with E-state index in [-0.39, 0.29) is 0 Å². The fourth-order valence-electron chi connectivity index (χ4n) is 2.80. The zero-order valence-corrected chi connectivity index (χ0v) is 10.0. The first-order valence-electron chi connectivity index (χ1n) is 6.36. The molecule has 0 aliphatic carbocycles. The lowest BCUT2D eigenvalue weighted by Crippen LogP contribution is -2.51. The molecule has 0 spiro atoms. The van der Waals surface area contributed by atoms with Gasteiger partial charge in [-0.1, -0.05) is 0 Å². The van der Waals surface area contributed by atoms with Gasteiger partial charge in [-0.2, -0.15) is 0 Å². The van der Waals surface area contributed by atoms with Crippen LogP contribution in [0.5, 0.6) is 0 Å². The lowest BCUT2D eigenvalue weighted by atomic mass is 9.88. The molecule has 92 valence electrons. The van der Waals surface area contributed by atoms with Gasteiger partial charge in [0.1, 0.15) is 0 Å². The minimum atomic E-state index is 0.607. The first kappa shape index (κ1) is 11.0. The summed E-state index contributed by atoms with van der Waals surface area (Å²) in [5.41, 5.74) is 8.11. The number of ether oxygens (including phenoxy) is 1. The average Bonchev–Trinajstić information content (AvgIpc) is 2.29. The molecule has 0 atom stereocenters.